The van der Waals surface area contributed by atoms with E-state index < -0.39 is 54.4 Å². The van der Waals surface area contributed by atoms with Crippen LogP contribution in [0.2, 0.25) is 0 Å². The SMILES string of the molecule is C=C(CC(=O)O)C(=O)OC(COc1cccc(OC(SCCC2SCCS2)C(C)OC(=O)C(=C)CC(=O)O)c1)CSC(C)C1SCCS1. The number of hydrogen-bond donors (Lipinski definition) is 2. The van der Waals surface area contributed by atoms with Gasteiger partial charge in [0.15, 0.2) is 5.44 Å². The lowest BCUT2D eigenvalue weighted by Crippen LogP contribution is -2.32. The van der Waals surface area contributed by atoms with E-state index in [1.54, 1.807) is 43.0 Å². The molecule has 16 heteroatoms. The van der Waals surface area contributed by atoms with Gasteiger partial charge in [0, 0.05) is 51.2 Å². The lowest BCUT2D eigenvalue weighted by molar-refractivity contribution is -0.147. The first kappa shape index (κ1) is 40.7. The first-order valence-electron chi connectivity index (χ1n) is 15.2. The molecule has 1 aromatic carbocycles. The highest BCUT2D eigenvalue weighted by Crippen LogP contribution is 2.39. The molecule has 0 amide bonds. The Kier molecular flexibility index (Phi) is 18.2. The number of carbonyl (C=O) groups is 4. The Morgan fingerprint density at radius 1 is 0.875 bits per heavy atom. The molecule has 0 saturated carbocycles. The van der Waals surface area contributed by atoms with E-state index in [-0.39, 0.29) is 17.8 Å². The lowest BCUT2D eigenvalue weighted by atomic mass is 10.2. The Labute approximate surface area is 307 Å². The van der Waals surface area contributed by atoms with Gasteiger partial charge in [-0.15, -0.1) is 58.8 Å². The van der Waals surface area contributed by atoms with Crippen molar-refractivity contribution in [2.45, 2.75) is 65.2 Å². The molecule has 2 heterocycles. The maximum Gasteiger partial charge on any atom is 0.334 e. The van der Waals surface area contributed by atoms with Crippen LogP contribution in [0.5, 0.6) is 11.5 Å². The highest BCUT2D eigenvalue weighted by Gasteiger charge is 2.28. The molecule has 1 aromatic rings. The van der Waals surface area contributed by atoms with E-state index in [1.807, 2.05) is 47.0 Å². The maximum absolute atomic E-state index is 12.6. The third-order valence-corrected chi connectivity index (χ3v) is 16.2. The van der Waals surface area contributed by atoms with E-state index in [9.17, 15) is 19.2 Å². The fourth-order valence-electron chi connectivity index (χ4n) is 4.23. The molecule has 0 aliphatic carbocycles. The van der Waals surface area contributed by atoms with E-state index in [0.29, 0.717) is 31.7 Å². The molecule has 2 aliphatic rings. The van der Waals surface area contributed by atoms with Gasteiger partial charge >= 0.3 is 23.9 Å². The number of carbonyl (C=O) groups excluding carboxylic acids is 2. The number of ether oxygens (including phenoxy) is 4. The molecular weight excluding hydrogens is 737 g/mol. The van der Waals surface area contributed by atoms with Crippen LogP contribution in [0, 0.1) is 0 Å². The molecule has 48 heavy (non-hydrogen) atoms. The average molecular weight is 779 g/mol. The monoisotopic (exact) mass is 778 g/mol. The summed E-state index contributed by atoms with van der Waals surface area (Å²) < 4.78 is 24.5. The fraction of sp³-hybridized carbons (Fsp3) is 0.562. The minimum atomic E-state index is -1.17. The molecule has 2 fully saturated rings. The molecule has 0 spiro atoms. The largest absolute Gasteiger partial charge is 0.490 e. The molecule has 0 bridgehead atoms. The number of hydrogen-bond acceptors (Lipinski definition) is 14. The molecule has 266 valence electrons. The third kappa shape index (κ3) is 15.0. The summed E-state index contributed by atoms with van der Waals surface area (Å²) in [6, 6.07) is 6.94. The number of rotatable bonds is 22. The predicted molar refractivity (Wildman–Crippen MR) is 201 cm³/mol. The zero-order valence-corrected chi connectivity index (χ0v) is 31.8. The Balaban J connectivity index is 1.66. The van der Waals surface area contributed by atoms with Gasteiger partial charge in [0.25, 0.3) is 0 Å². The van der Waals surface area contributed by atoms with E-state index in [1.165, 1.54) is 11.8 Å². The van der Waals surface area contributed by atoms with Gasteiger partial charge in [0.05, 0.1) is 22.0 Å². The van der Waals surface area contributed by atoms with Crippen molar-refractivity contribution in [2.75, 3.05) is 41.1 Å². The van der Waals surface area contributed by atoms with Gasteiger partial charge in [-0.2, -0.15) is 11.8 Å². The highest BCUT2D eigenvalue weighted by molar-refractivity contribution is 8.21. The van der Waals surface area contributed by atoms with Crippen molar-refractivity contribution in [1.82, 2.24) is 0 Å². The predicted octanol–water partition coefficient (Wildman–Crippen LogP) is 6.53. The molecule has 0 aromatic heterocycles. The number of carboxylic acids is 2. The standard InChI is InChI=1S/C32H42O10S6/c1-19(14-26(33)34)29(37)40-21(3)31(45-9-8-28-43-10-11-44-28)42-24-7-5-6-23(16-24)39-17-25(41-30(38)20(2)15-27(35)36)18-48-22(4)32-46-12-13-47-32/h5-7,16,21-22,25,28,31-32H,1-2,8-15,17-18H2,3-4H3,(H,33,34)(H,35,36). The van der Waals surface area contributed by atoms with Gasteiger partial charge in [-0.1, -0.05) is 26.1 Å². The number of aliphatic carboxylic acids is 2. The normalized spacial score (nSPS) is 17.5. The van der Waals surface area contributed by atoms with Crippen molar-refractivity contribution in [2.24, 2.45) is 0 Å². The van der Waals surface area contributed by atoms with Gasteiger partial charge < -0.3 is 29.2 Å². The van der Waals surface area contributed by atoms with E-state index in [4.69, 9.17) is 29.2 Å². The van der Waals surface area contributed by atoms with Crippen LogP contribution >= 0.6 is 70.6 Å². The number of thioether (sulfide) groups is 6. The molecule has 10 nitrogen and oxygen atoms in total. The summed E-state index contributed by atoms with van der Waals surface area (Å²) in [5.74, 6) is 2.70. The van der Waals surface area contributed by atoms with Crippen LogP contribution in [0.15, 0.2) is 48.6 Å². The van der Waals surface area contributed by atoms with Crippen LogP contribution < -0.4 is 9.47 Å². The van der Waals surface area contributed by atoms with Gasteiger partial charge in [0.2, 0.25) is 0 Å². The molecule has 4 atom stereocenters. The van der Waals surface area contributed by atoms with Crippen molar-refractivity contribution >= 4 is 94.4 Å². The number of benzene rings is 1. The van der Waals surface area contributed by atoms with Gasteiger partial charge in [0.1, 0.15) is 30.3 Å². The minimum absolute atomic E-state index is 0.0226. The third-order valence-electron chi connectivity index (χ3n) is 6.65. The average Bonchev–Trinajstić information content (AvgIpc) is 3.76. The smallest absolute Gasteiger partial charge is 0.334 e. The second-order valence-corrected chi connectivity index (χ2v) is 19.1. The Morgan fingerprint density at radius 2 is 1.46 bits per heavy atom. The summed E-state index contributed by atoms with van der Waals surface area (Å²) >= 11 is 10.9. The molecule has 2 saturated heterocycles. The minimum Gasteiger partial charge on any atom is -0.490 e. The number of esters is 2. The molecule has 2 aliphatic heterocycles. The van der Waals surface area contributed by atoms with Gasteiger partial charge in [-0.05, 0) is 31.2 Å². The summed E-state index contributed by atoms with van der Waals surface area (Å²) in [5, 5.41) is 18.4. The first-order valence-corrected chi connectivity index (χ1v) is 21.5. The summed E-state index contributed by atoms with van der Waals surface area (Å²) in [6.07, 6.45) is -1.46. The van der Waals surface area contributed by atoms with Crippen LogP contribution in [0.3, 0.4) is 0 Å². The summed E-state index contributed by atoms with van der Waals surface area (Å²) in [4.78, 5) is 47.3. The maximum atomic E-state index is 12.6. The van der Waals surface area contributed by atoms with Gasteiger partial charge in [-0.25, -0.2) is 9.59 Å². The summed E-state index contributed by atoms with van der Waals surface area (Å²) in [6.45, 7) is 11.0. The Bertz CT molecular complexity index is 1270. The van der Waals surface area contributed by atoms with Crippen molar-refractivity contribution in [3.63, 3.8) is 0 Å². The Morgan fingerprint density at radius 3 is 2.08 bits per heavy atom. The zero-order chi connectivity index (χ0) is 35.1. The molecule has 3 rings (SSSR count). The number of carboxylic acid groups (broad SMARTS) is 2. The zero-order valence-electron chi connectivity index (χ0n) is 26.9. The van der Waals surface area contributed by atoms with Crippen LogP contribution in [-0.2, 0) is 28.7 Å². The van der Waals surface area contributed by atoms with Crippen molar-refractivity contribution in [3.05, 3.63) is 48.6 Å². The lowest BCUT2D eigenvalue weighted by Gasteiger charge is -2.26. The van der Waals surface area contributed by atoms with Crippen molar-refractivity contribution in [1.29, 1.82) is 0 Å². The second-order valence-electron chi connectivity index (χ2n) is 10.7. The van der Waals surface area contributed by atoms with Crippen LogP contribution in [0.4, 0.5) is 0 Å². The van der Waals surface area contributed by atoms with Crippen LogP contribution in [-0.4, -0.2) is 107 Å². The molecule has 0 radical (unpaired) electrons. The van der Waals surface area contributed by atoms with Crippen LogP contribution in [0.25, 0.3) is 0 Å². The van der Waals surface area contributed by atoms with Gasteiger partial charge in [-0.3, -0.25) is 9.59 Å². The van der Waals surface area contributed by atoms with E-state index in [2.05, 4.69) is 20.1 Å². The summed E-state index contributed by atoms with van der Waals surface area (Å²) in [7, 11) is 0. The highest BCUT2D eigenvalue weighted by atomic mass is 32.2. The van der Waals surface area contributed by atoms with Crippen molar-refractivity contribution in [3.8, 4) is 11.5 Å². The van der Waals surface area contributed by atoms with Crippen LogP contribution in [0.1, 0.15) is 33.1 Å². The molecular formula is C32H42O10S6. The molecule has 4 unspecified atom stereocenters. The quantitative estimate of drug-likeness (QED) is 0.0746. The topological polar surface area (TPSA) is 146 Å². The first-order chi connectivity index (χ1) is 22.9. The Hall–Kier alpha value is -1.72. The molecule has 2 N–H and O–H groups in total. The van der Waals surface area contributed by atoms with Crippen molar-refractivity contribution < 1.29 is 48.3 Å². The van der Waals surface area contributed by atoms with E-state index >= 15 is 0 Å². The fourth-order valence-corrected chi connectivity index (χ4v) is 13.0. The summed E-state index contributed by atoms with van der Waals surface area (Å²) in [5.41, 5.74) is -0.892. The van der Waals surface area contributed by atoms with E-state index in [0.717, 1.165) is 35.2 Å². The second kappa shape index (κ2) is 21.5.